The topological polar surface area (TPSA) is 71.7 Å². The zero-order valence-corrected chi connectivity index (χ0v) is 26.9. The molecular weight excluding hydrogens is 550 g/mol. The Labute approximate surface area is 263 Å². The second-order valence-electron chi connectivity index (χ2n) is 13.5. The lowest BCUT2D eigenvalue weighted by atomic mass is 9.77. The third kappa shape index (κ3) is 7.79. The summed E-state index contributed by atoms with van der Waals surface area (Å²) in [5.41, 5.74) is 3.20. The van der Waals surface area contributed by atoms with E-state index in [9.17, 15) is 4.79 Å². The van der Waals surface area contributed by atoms with Crippen LogP contribution in [0.1, 0.15) is 81.1 Å². The molecule has 3 aromatic rings. The Morgan fingerprint density at radius 3 is 2.32 bits per heavy atom. The van der Waals surface area contributed by atoms with Gasteiger partial charge >= 0.3 is 5.97 Å². The highest BCUT2D eigenvalue weighted by Gasteiger charge is 2.41. The number of ether oxygens (including phenoxy) is 1. The molecule has 0 radical (unpaired) electrons. The van der Waals surface area contributed by atoms with Crippen molar-refractivity contribution >= 4 is 5.97 Å². The largest absolute Gasteiger partial charge is 0.465 e. The second kappa shape index (κ2) is 14.4. The third-order valence-corrected chi connectivity index (χ3v) is 10.4. The fourth-order valence-electron chi connectivity index (χ4n) is 7.74. The molecule has 0 unspecified atom stereocenters. The van der Waals surface area contributed by atoms with Gasteiger partial charge in [-0.05, 0) is 75.2 Å². The molecule has 2 aromatic heterocycles. The molecule has 238 valence electrons. The minimum absolute atomic E-state index is 0.171. The monoisotopic (exact) mass is 601 g/mol. The Balaban J connectivity index is 1.04. The van der Waals surface area contributed by atoms with Gasteiger partial charge in [0.15, 0.2) is 0 Å². The van der Waals surface area contributed by atoms with E-state index >= 15 is 0 Å². The van der Waals surface area contributed by atoms with E-state index in [0.29, 0.717) is 25.1 Å². The molecule has 6 rings (SSSR count). The summed E-state index contributed by atoms with van der Waals surface area (Å²) in [4.78, 5) is 29.2. The SMILES string of the molecule is CCOC(=O)Cn1ccnc1CN(Cc1ccc(CN2CCC3(CCN(C4CCCCC4)CC3)C2)cc1)Cc1nccn1C. The number of likely N-dealkylation sites (tertiary alicyclic amines) is 2. The smallest absolute Gasteiger partial charge is 0.325 e. The molecule has 2 aliphatic heterocycles. The van der Waals surface area contributed by atoms with Crippen molar-refractivity contribution in [2.45, 2.75) is 97.1 Å². The van der Waals surface area contributed by atoms with Crippen molar-refractivity contribution in [3.63, 3.8) is 0 Å². The second-order valence-corrected chi connectivity index (χ2v) is 13.5. The predicted octanol–water partition coefficient (Wildman–Crippen LogP) is 5.00. The summed E-state index contributed by atoms with van der Waals surface area (Å²) in [6.45, 7) is 10.6. The van der Waals surface area contributed by atoms with Crippen LogP contribution in [0.3, 0.4) is 0 Å². The number of nitrogens with zero attached hydrogens (tertiary/aromatic N) is 7. The summed E-state index contributed by atoms with van der Waals surface area (Å²) in [6.07, 6.45) is 18.7. The summed E-state index contributed by atoms with van der Waals surface area (Å²) in [5.74, 6) is 1.60. The molecule has 0 atom stereocenters. The highest BCUT2D eigenvalue weighted by atomic mass is 16.5. The Kier molecular flexibility index (Phi) is 10.1. The summed E-state index contributed by atoms with van der Waals surface area (Å²) in [7, 11) is 2.03. The molecule has 9 nitrogen and oxygen atoms in total. The van der Waals surface area contributed by atoms with Gasteiger partial charge in [0.05, 0.1) is 19.7 Å². The summed E-state index contributed by atoms with van der Waals surface area (Å²) in [6, 6.07) is 10.0. The number of hydrogen-bond acceptors (Lipinski definition) is 7. The van der Waals surface area contributed by atoms with Crippen LogP contribution in [0, 0.1) is 5.41 Å². The standard InChI is InChI=1S/C35H51N7O2/c1-3-44-34(43)27-42-22-17-37-33(42)26-40(25-32-36-16-21-38(32)2)24-30-11-9-29(10-12-30)23-39-18-13-35(28-39)14-19-41(20-15-35)31-7-5-4-6-8-31/h9-12,16-17,21-22,31H,3-8,13-15,18-20,23-28H2,1-2H3. The number of imidazole rings is 2. The van der Waals surface area contributed by atoms with Crippen LogP contribution in [-0.4, -0.2) is 78.6 Å². The van der Waals surface area contributed by atoms with Crippen LogP contribution in [0.4, 0.5) is 0 Å². The molecule has 2 saturated heterocycles. The maximum atomic E-state index is 12.2. The number of rotatable bonds is 12. The molecule has 1 aliphatic carbocycles. The van der Waals surface area contributed by atoms with Gasteiger partial charge in [0, 0.05) is 57.5 Å². The van der Waals surface area contributed by atoms with Gasteiger partial charge in [-0.1, -0.05) is 43.5 Å². The quantitative estimate of drug-likeness (QED) is 0.271. The first-order valence-corrected chi connectivity index (χ1v) is 16.9. The van der Waals surface area contributed by atoms with E-state index in [1.54, 1.807) is 6.20 Å². The van der Waals surface area contributed by atoms with Crippen molar-refractivity contribution in [2.75, 3.05) is 32.8 Å². The number of carbonyl (C=O) groups excluding carboxylic acids is 1. The minimum atomic E-state index is -0.244. The number of esters is 1. The average molecular weight is 602 g/mol. The summed E-state index contributed by atoms with van der Waals surface area (Å²) < 4.78 is 9.11. The summed E-state index contributed by atoms with van der Waals surface area (Å²) in [5, 5.41) is 0. The van der Waals surface area contributed by atoms with Gasteiger partial charge in [-0.25, -0.2) is 9.97 Å². The molecular formula is C35H51N7O2. The Bertz CT molecular complexity index is 1340. The van der Waals surface area contributed by atoms with Gasteiger partial charge < -0.3 is 18.8 Å². The van der Waals surface area contributed by atoms with Crippen molar-refractivity contribution in [2.24, 2.45) is 12.5 Å². The fourth-order valence-corrected chi connectivity index (χ4v) is 7.74. The molecule has 0 amide bonds. The van der Waals surface area contributed by atoms with Crippen LogP contribution < -0.4 is 0 Å². The highest BCUT2D eigenvalue weighted by Crippen LogP contribution is 2.42. The average Bonchev–Trinajstić information content (AvgIpc) is 3.76. The molecule has 4 heterocycles. The van der Waals surface area contributed by atoms with Crippen molar-refractivity contribution in [3.8, 4) is 0 Å². The Morgan fingerprint density at radius 2 is 1.59 bits per heavy atom. The number of carbonyl (C=O) groups is 1. The first-order chi connectivity index (χ1) is 21.5. The Morgan fingerprint density at radius 1 is 0.909 bits per heavy atom. The number of hydrogen-bond donors (Lipinski definition) is 0. The van der Waals surface area contributed by atoms with Crippen LogP contribution >= 0.6 is 0 Å². The number of benzene rings is 1. The fraction of sp³-hybridized carbons (Fsp3) is 0.629. The van der Waals surface area contributed by atoms with Crippen LogP contribution in [-0.2, 0) is 49.3 Å². The third-order valence-electron chi connectivity index (χ3n) is 10.4. The molecule has 0 bridgehead atoms. The van der Waals surface area contributed by atoms with Crippen LogP contribution in [0.5, 0.6) is 0 Å². The maximum absolute atomic E-state index is 12.2. The van der Waals surface area contributed by atoms with Gasteiger partial charge in [0.2, 0.25) is 0 Å². The predicted molar refractivity (Wildman–Crippen MR) is 171 cm³/mol. The highest BCUT2D eigenvalue weighted by molar-refractivity contribution is 5.69. The zero-order valence-electron chi connectivity index (χ0n) is 26.9. The molecule has 1 spiro atoms. The van der Waals surface area contributed by atoms with Crippen molar-refractivity contribution in [1.82, 2.24) is 33.8 Å². The molecule has 9 heteroatoms. The van der Waals surface area contributed by atoms with Crippen molar-refractivity contribution < 1.29 is 9.53 Å². The normalized spacial score (nSPS) is 19.7. The molecule has 3 fully saturated rings. The van der Waals surface area contributed by atoms with E-state index in [0.717, 1.165) is 30.8 Å². The molecule has 1 saturated carbocycles. The van der Waals surface area contributed by atoms with Crippen LogP contribution in [0.15, 0.2) is 49.1 Å². The van der Waals surface area contributed by atoms with E-state index < -0.39 is 0 Å². The lowest BCUT2D eigenvalue weighted by molar-refractivity contribution is -0.143. The van der Waals surface area contributed by atoms with E-state index in [1.807, 2.05) is 37.1 Å². The van der Waals surface area contributed by atoms with Gasteiger partial charge in [-0.2, -0.15) is 0 Å². The molecule has 1 aromatic carbocycles. The lowest BCUT2D eigenvalue weighted by Gasteiger charge is -2.43. The molecule has 44 heavy (non-hydrogen) atoms. The van der Waals surface area contributed by atoms with E-state index in [2.05, 4.69) is 53.5 Å². The van der Waals surface area contributed by atoms with E-state index in [-0.39, 0.29) is 12.5 Å². The van der Waals surface area contributed by atoms with E-state index in [1.165, 1.54) is 88.7 Å². The maximum Gasteiger partial charge on any atom is 0.325 e. The van der Waals surface area contributed by atoms with Gasteiger partial charge in [-0.15, -0.1) is 0 Å². The van der Waals surface area contributed by atoms with Crippen LogP contribution in [0.25, 0.3) is 0 Å². The lowest BCUT2D eigenvalue weighted by Crippen LogP contribution is -2.46. The van der Waals surface area contributed by atoms with Crippen molar-refractivity contribution in [1.29, 1.82) is 0 Å². The number of aromatic nitrogens is 4. The Hall–Kier alpha value is -3.01. The first-order valence-electron chi connectivity index (χ1n) is 16.9. The van der Waals surface area contributed by atoms with Gasteiger partial charge in [0.25, 0.3) is 0 Å². The van der Waals surface area contributed by atoms with E-state index in [4.69, 9.17) is 4.74 Å². The number of piperidine rings is 1. The first kappa shape index (κ1) is 31.0. The minimum Gasteiger partial charge on any atom is -0.465 e. The molecule has 3 aliphatic rings. The van der Waals surface area contributed by atoms with Crippen LogP contribution in [0.2, 0.25) is 0 Å². The van der Waals surface area contributed by atoms with Crippen molar-refractivity contribution in [3.05, 3.63) is 71.8 Å². The zero-order chi connectivity index (χ0) is 30.4. The number of aryl methyl sites for hydroxylation is 1. The summed E-state index contributed by atoms with van der Waals surface area (Å²) >= 11 is 0. The van der Waals surface area contributed by atoms with Gasteiger partial charge in [0.1, 0.15) is 18.2 Å². The molecule has 0 N–H and O–H groups in total. The van der Waals surface area contributed by atoms with Gasteiger partial charge in [-0.3, -0.25) is 14.6 Å².